The maximum absolute atomic E-state index is 12.3. The van der Waals surface area contributed by atoms with E-state index in [1.54, 1.807) is 4.68 Å². The minimum atomic E-state index is -0.358. The molecule has 0 aliphatic carbocycles. The Hall–Kier alpha value is -4.20. The SMILES string of the molecule is Cc1cc(C)n(CC(=O)NNC(=O)CCc2nc(-c3ccccc3)c(-c3ccccc3)o2)n1. The summed E-state index contributed by atoms with van der Waals surface area (Å²) in [6, 6.07) is 21.4. The molecule has 0 bridgehead atoms. The quantitative estimate of drug-likeness (QED) is 0.425. The molecule has 0 aliphatic rings. The van der Waals surface area contributed by atoms with Crippen molar-refractivity contribution >= 4 is 11.8 Å². The van der Waals surface area contributed by atoms with E-state index in [4.69, 9.17) is 4.42 Å². The van der Waals surface area contributed by atoms with Gasteiger partial charge in [-0.2, -0.15) is 5.10 Å². The zero-order valence-electron chi connectivity index (χ0n) is 18.5. The highest BCUT2D eigenvalue weighted by Gasteiger charge is 2.17. The molecule has 4 rings (SSSR count). The molecule has 0 fully saturated rings. The largest absolute Gasteiger partial charge is 0.440 e. The molecular weight excluding hydrogens is 418 g/mol. The third-order valence-electron chi connectivity index (χ3n) is 5.06. The lowest BCUT2D eigenvalue weighted by atomic mass is 10.1. The van der Waals surface area contributed by atoms with Gasteiger partial charge in [0, 0.05) is 29.7 Å². The topological polar surface area (TPSA) is 102 Å². The lowest BCUT2D eigenvalue weighted by molar-refractivity contribution is -0.129. The summed E-state index contributed by atoms with van der Waals surface area (Å²) in [6.07, 6.45) is 0.412. The lowest BCUT2D eigenvalue weighted by Gasteiger charge is -2.08. The molecule has 0 atom stereocenters. The summed E-state index contributed by atoms with van der Waals surface area (Å²) in [7, 11) is 0. The first-order valence-electron chi connectivity index (χ1n) is 10.7. The van der Waals surface area contributed by atoms with E-state index >= 15 is 0 Å². The summed E-state index contributed by atoms with van der Waals surface area (Å²) in [5.74, 6) is 0.424. The maximum atomic E-state index is 12.3. The Morgan fingerprint density at radius 2 is 1.55 bits per heavy atom. The molecule has 0 aliphatic heterocycles. The number of hydrogen-bond donors (Lipinski definition) is 2. The van der Waals surface area contributed by atoms with E-state index in [1.807, 2.05) is 80.6 Å². The van der Waals surface area contributed by atoms with Crippen LogP contribution >= 0.6 is 0 Å². The van der Waals surface area contributed by atoms with Gasteiger partial charge in [0.15, 0.2) is 11.7 Å². The van der Waals surface area contributed by atoms with E-state index in [2.05, 4.69) is 20.9 Å². The van der Waals surface area contributed by atoms with Crippen LogP contribution in [-0.4, -0.2) is 26.6 Å². The normalized spacial score (nSPS) is 10.7. The highest BCUT2D eigenvalue weighted by atomic mass is 16.4. The Morgan fingerprint density at radius 1 is 0.909 bits per heavy atom. The van der Waals surface area contributed by atoms with Crippen LogP contribution in [0.3, 0.4) is 0 Å². The second kappa shape index (κ2) is 9.95. The van der Waals surface area contributed by atoms with Crippen molar-refractivity contribution < 1.29 is 14.0 Å². The molecule has 2 heterocycles. The number of benzene rings is 2. The van der Waals surface area contributed by atoms with Crippen molar-refractivity contribution in [2.75, 3.05) is 0 Å². The second-order valence-corrected chi connectivity index (χ2v) is 7.70. The fourth-order valence-electron chi connectivity index (χ4n) is 3.48. The van der Waals surface area contributed by atoms with Gasteiger partial charge in [-0.25, -0.2) is 4.98 Å². The first-order chi connectivity index (χ1) is 16.0. The van der Waals surface area contributed by atoms with Gasteiger partial charge in [0.2, 0.25) is 5.91 Å². The number of hydrazine groups is 1. The molecule has 2 aromatic heterocycles. The summed E-state index contributed by atoms with van der Waals surface area (Å²) >= 11 is 0. The molecule has 0 saturated heterocycles. The van der Waals surface area contributed by atoms with Gasteiger partial charge in [-0.15, -0.1) is 0 Å². The molecule has 8 nitrogen and oxygen atoms in total. The summed E-state index contributed by atoms with van der Waals surface area (Å²) in [4.78, 5) is 29.0. The fourth-order valence-corrected chi connectivity index (χ4v) is 3.48. The van der Waals surface area contributed by atoms with Crippen LogP contribution in [0.1, 0.15) is 23.7 Å². The van der Waals surface area contributed by atoms with Crippen LogP contribution in [0, 0.1) is 13.8 Å². The summed E-state index contributed by atoms with van der Waals surface area (Å²) in [5, 5.41) is 4.24. The van der Waals surface area contributed by atoms with Crippen molar-refractivity contribution in [1.82, 2.24) is 25.6 Å². The Balaban J connectivity index is 1.38. The van der Waals surface area contributed by atoms with E-state index in [0.29, 0.717) is 18.1 Å². The number of aromatic nitrogens is 3. The number of amides is 2. The number of carbonyl (C=O) groups is 2. The van der Waals surface area contributed by atoms with E-state index in [1.165, 1.54) is 0 Å². The van der Waals surface area contributed by atoms with Crippen LogP contribution in [0.5, 0.6) is 0 Å². The minimum Gasteiger partial charge on any atom is -0.440 e. The average Bonchev–Trinajstić information content (AvgIpc) is 3.40. The van der Waals surface area contributed by atoms with Crippen LogP contribution in [0.25, 0.3) is 22.6 Å². The van der Waals surface area contributed by atoms with Crippen LogP contribution < -0.4 is 10.9 Å². The predicted octanol–water partition coefficient (Wildman–Crippen LogP) is 3.60. The molecule has 2 N–H and O–H groups in total. The van der Waals surface area contributed by atoms with Crippen molar-refractivity contribution in [3.05, 3.63) is 84.0 Å². The zero-order valence-corrected chi connectivity index (χ0v) is 18.5. The van der Waals surface area contributed by atoms with Gasteiger partial charge < -0.3 is 4.42 Å². The first kappa shape index (κ1) is 22.0. The van der Waals surface area contributed by atoms with Gasteiger partial charge in [-0.3, -0.25) is 25.1 Å². The summed E-state index contributed by atoms with van der Waals surface area (Å²) < 4.78 is 7.62. The number of aryl methyl sites for hydroxylation is 3. The Morgan fingerprint density at radius 3 is 2.18 bits per heavy atom. The molecule has 0 spiro atoms. The predicted molar refractivity (Wildman–Crippen MR) is 124 cm³/mol. The van der Waals surface area contributed by atoms with E-state index in [9.17, 15) is 9.59 Å². The van der Waals surface area contributed by atoms with Gasteiger partial charge in [-0.1, -0.05) is 60.7 Å². The van der Waals surface area contributed by atoms with Crippen molar-refractivity contribution in [3.8, 4) is 22.6 Å². The molecule has 0 radical (unpaired) electrons. The highest BCUT2D eigenvalue weighted by molar-refractivity contribution is 5.82. The van der Waals surface area contributed by atoms with Crippen molar-refractivity contribution in [3.63, 3.8) is 0 Å². The molecule has 168 valence electrons. The monoisotopic (exact) mass is 443 g/mol. The Kier molecular flexibility index (Phi) is 6.64. The molecular formula is C25H25N5O3. The lowest BCUT2D eigenvalue weighted by Crippen LogP contribution is -2.43. The van der Waals surface area contributed by atoms with E-state index < -0.39 is 0 Å². The van der Waals surface area contributed by atoms with E-state index in [-0.39, 0.29) is 24.8 Å². The molecule has 2 amide bonds. The maximum Gasteiger partial charge on any atom is 0.260 e. The van der Waals surface area contributed by atoms with E-state index in [0.717, 1.165) is 28.2 Å². The third kappa shape index (κ3) is 5.54. The van der Waals surface area contributed by atoms with Crippen molar-refractivity contribution in [1.29, 1.82) is 0 Å². The van der Waals surface area contributed by atoms with Crippen molar-refractivity contribution in [2.45, 2.75) is 33.2 Å². The smallest absolute Gasteiger partial charge is 0.260 e. The number of hydrogen-bond acceptors (Lipinski definition) is 5. The zero-order chi connectivity index (χ0) is 23.2. The Labute approximate surface area is 191 Å². The minimum absolute atomic E-state index is 0.0283. The Bertz CT molecular complexity index is 1190. The molecule has 4 aromatic rings. The second-order valence-electron chi connectivity index (χ2n) is 7.70. The van der Waals surface area contributed by atoms with Gasteiger partial charge in [0.1, 0.15) is 12.2 Å². The van der Waals surface area contributed by atoms with Crippen LogP contribution in [0.4, 0.5) is 0 Å². The number of oxazole rings is 1. The molecule has 0 saturated carbocycles. The van der Waals surface area contributed by atoms with Crippen LogP contribution in [0.2, 0.25) is 0 Å². The molecule has 33 heavy (non-hydrogen) atoms. The average molecular weight is 444 g/mol. The number of carbonyl (C=O) groups excluding carboxylic acids is 2. The molecule has 2 aromatic carbocycles. The van der Waals surface area contributed by atoms with Gasteiger partial charge in [-0.05, 0) is 19.9 Å². The molecule has 0 unspecified atom stereocenters. The highest BCUT2D eigenvalue weighted by Crippen LogP contribution is 2.32. The van der Waals surface area contributed by atoms with Crippen LogP contribution in [-0.2, 0) is 22.6 Å². The summed E-state index contributed by atoms with van der Waals surface area (Å²) in [5.41, 5.74) is 9.15. The molecule has 8 heteroatoms. The number of rotatable bonds is 7. The first-order valence-corrected chi connectivity index (χ1v) is 10.7. The number of nitrogens with zero attached hydrogens (tertiary/aromatic N) is 3. The van der Waals surface area contributed by atoms with Crippen molar-refractivity contribution in [2.24, 2.45) is 0 Å². The number of nitrogens with one attached hydrogen (secondary N) is 2. The summed E-state index contributed by atoms with van der Waals surface area (Å²) in [6.45, 7) is 3.76. The fraction of sp³-hybridized carbons (Fsp3) is 0.200. The van der Waals surface area contributed by atoms with Gasteiger partial charge in [0.25, 0.3) is 5.91 Å². The van der Waals surface area contributed by atoms with Gasteiger partial charge >= 0.3 is 0 Å². The van der Waals surface area contributed by atoms with Crippen LogP contribution in [0.15, 0.2) is 71.1 Å². The standard InChI is InChI=1S/C25H25N5O3/c1-17-15-18(2)30(29-17)16-22(32)28-27-21(31)13-14-23-26-24(19-9-5-3-6-10-19)25(33-23)20-11-7-4-8-12-20/h3-12,15H,13-14,16H2,1-2H3,(H,27,31)(H,28,32). The third-order valence-corrected chi connectivity index (χ3v) is 5.06. The van der Waals surface area contributed by atoms with Gasteiger partial charge in [0.05, 0.1) is 5.69 Å².